The number of halogens is 1. The van der Waals surface area contributed by atoms with Crippen molar-refractivity contribution >= 4 is 23.2 Å². The molecule has 1 aromatic carbocycles. The monoisotopic (exact) mass is 283 g/mol. The standard InChI is InChI=1S/C10H10ClN5O3/c1-18-7-3-5(11)6(4-8(7)19-2)12-10(17)9-13-15-16-14-9/h3-4H,1-2H3,(H,12,17)(H,13,14,15,16). The van der Waals surface area contributed by atoms with Crippen LogP contribution in [-0.4, -0.2) is 40.8 Å². The lowest BCUT2D eigenvalue weighted by molar-refractivity contribution is 0.101. The molecule has 0 fully saturated rings. The number of hydrogen-bond acceptors (Lipinski definition) is 6. The van der Waals surface area contributed by atoms with E-state index in [-0.39, 0.29) is 5.82 Å². The molecule has 2 N–H and O–H groups in total. The van der Waals surface area contributed by atoms with Gasteiger partial charge in [-0.2, -0.15) is 5.21 Å². The number of amides is 1. The van der Waals surface area contributed by atoms with Crippen molar-refractivity contribution in [3.8, 4) is 11.5 Å². The van der Waals surface area contributed by atoms with Gasteiger partial charge in [0.15, 0.2) is 11.5 Å². The predicted molar refractivity (Wildman–Crippen MR) is 66.7 cm³/mol. The Morgan fingerprint density at radius 2 is 2.00 bits per heavy atom. The van der Waals surface area contributed by atoms with Crippen molar-refractivity contribution in [2.75, 3.05) is 19.5 Å². The van der Waals surface area contributed by atoms with Crippen LogP contribution in [0.15, 0.2) is 12.1 Å². The van der Waals surface area contributed by atoms with E-state index in [1.165, 1.54) is 20.3 Å². The molecule has 0 atom stereocenters. The van der Waals surface area contributed by atoms with Gasteiger partial charge in [-0.05, 0) is 5.21 Å². The number of nitrogens with zero attached hydrogens (tertiary/aromatic N) is 3. The maximum atomic E-state index is 11.8. The number of aromatic nitrogens is 4. The van der Waals surface area contributed by atoms with Crippen LogP contribution >= 0.6 is 11.6 Å². The van der Waals surface area contributed by atoms with Crippen LogP contribution in [0, 0.1) is 0 Å². The second kappa shape index (κ2) is 5.53. The zero-order valence-electron chi connectivity index (χ0n) is 10.1. The topological polar surface area (TPSA) is 102 Å². The van der Waals surface area contributed by atoms with Gasteiger partial charge in [0.2, 0.25) is 0 Å². The molecule has 0 spiro atoms. The Hall–Kier alpha value is -2.35. The fourth-order valence-electron chi connectivity index (χ4n) is 1.39. The normalized spacial score (nSPS) is 10.1. The number of H-pyrrole nitrogens is 1. The number of nitrogens with one attached hydrogen (secondary N) is 2. The van der Waals surface area contributed by atoms with Crippen molar-refractivity contribution in [2.24, 2.45) is 0 Å². The molecule has 0 unspecified atom stereocenters. The van der Waals surface area contributed by atoms with Crippen molar-refractivity contribution in [1.29, 1.82) is 0 Å². The number of methoxy groups -OCH3 is 2. The van der Waals surface area contributed by atoms with Gasteiger partial charge in [-0.15, -0.1) is 10.2 Å². The molecule has 1 amide bonds. The van der Waals surface area contributed by atoms with Crippen LogP contribution in [0.25, 0.3) is 0 Å². The van der Waals surface area contributed by atoms with E-state index in [0.717, 1.165) is 0 Å². The molecule has 19 heavy (non-hydrogen) atoms. The largest absolute Gasteiger partial charge is 0.493 e. The molecule has 2 rings (SSSR count). The number of rotatable bonds is 4. The van der Waals surface area contributed by atoms with E-state index < -0.39 is 5.91 Å². The molecule has 0 bridgehead atoms. The molecule has 100 valence electrons. The molecule has 0 aliphatic carbocycles. The number of hydrogen-bond donors (Lipinski definition) is 2. The lowest BCUT2D eigenvalue weighted by Gasteiger charge is -2.11. The smallest absolute Gasteiger partial charge is 0.297 e. The van der Waals surface area contributed by atoms with E-state index in [1.807, 2.05) is 0 Å². The molecular weight excluding hydrogens is 274 g/mol. The average molecular weight is 284 g/mol. The minimum Gasteiger partial charge on any atom is -0.493 e. The van der Waals surface area contributed by atoms with E-state index in [0.29, 0.717) is 22.2 Å². The number of aromatic amines is 1. The molecule has 0 aliphatic heterocycles. The maximum Gasteiger partial charge on any atom is 0.297 e. The Balaban J connectivity index is 2.28. The minimum absolute atomic E-state index is 0.0918. The van der Waals surface area contributed by atoms with Gasteiger partial charge in [0.1, 0.15) is 0 Å². The van der Waals surface area contributed by atoms with Crippen molar-refractivity contribution in [3.63, 3.8) is 0 Å². The number of ether oxygens (including phenoxy) is 2. The summed E-state index contributed by atoms with van der Waals surface area (Å²) in [4.78, 5) is 11.8. The lowest BCUT2D eigenvalue weighted by atomic mass is 10.2. The van der Waals surface area contributed by atoms with Crippen LogP contribution in [0.1, 0.15) is 10.6 Å². The highest BCUT2D eigenvalue weighted by molar-refractivity contribution is 6.34. The average Bonchev–Trinajstić information content (AvgIpc) is 2.94. The van der Waals surface area contributed by atoms with Gasteiger partial charge in [-0.3, -0.25) is 4.79 Å². The highest BCUT2D eigenvalue weighted by atomic mass is 35.5. The van der Waals surface area contributed by atoms with Crippen LogP contribution in [0.4, 0.5) is 5.69 Å². The van der Waals surface area contributed by atoms with E-state index in [1.54, 1.807) is 6.07 Å². The second-order valence-electron chi connectivity index (χ2n) is 3.38. The maximum absolute atomic E-state index is 11.8. The first-order valence-electron chi connectivity index (χ1n) is 5.12. The summed E-state index contributed by atoms with van der Waals surface area (Å²) < 4.78 is 10.2. The van der Waals surface area contributed by atoms with Crippen LogP contribution < -0.4 is 14.8 Å². The lowest BCUT2D eigenvalue weighted by Crippen LogP contribution is -2.14. The Morgan fingerprint density at radius 1 is 1.32 bits per heavy atom. The van der Waals surface area contributed by atoms with Crippen molar-refractivity contribution in [2.45, 2.75) is 0 Å². The van der Waals surface area contributed by atoms with Crippen LogP contribution in [0.3, 0.4) is 0 Å². The van der Waals surface area contributed by atoms with E-state index in [9.17, 15) is 4.79 Å². The van der Waals surface area contributed by atoms with Gasteiger partial charge in [0.25, 0.3) is 11.7 Å². The number of tetrazole rings is 1. The Bertz CT molecular complexity index is 587. The van der Waals surface area contributed by atoms with Crippen LogP contribution in [-0.2, 0) is 0 Å². The first kappa shape index (κ1) is 13.1. The summed E-state index contributed by atoms with van der Waals surface area (Å²) in [6, 6.07) is 3.07. The highest BCUT2D eigenvalue weighted by Crippen LogP contribution is 2.36. The quantitative estimate of drug-likeness (QED) is 0.872. The first-order valence-corrected chi connectivity index (χ1v) is 5.49. The number of anilines is 1. The summed E-state index contributed by atoms with van der Waals surface area (Å²) in [5, 5.41) is 15.4. The zero-order valence-corrected chi connectivity index (χ0v) is 10.9. The molecular formula is C10H10ClN5O3. The van der Waals surface area contributed by atoms with E-state index in [4.69, 9.17) is 21.1 Å². The van der Waals surface area contributed by atoms with Gasteiger partial charge < -0.3 is 14.8 Å². The third kappa shape index (κ3) is 2.74. The molecule has 8 nitrogen and oxygen atoms in total. The number of carbonyl (C=O) groups excluding carboxylic acids is 1. The fourth-order valence-corrected chi connectivity index (χ4v) is 1.59. The number of benzene rings is 1. The third-order valence-corrected chi connectivity index (χ3v) is 2.58. The van der Waals surface area contributed by atoms with Gasteiger partial charge in [-0.25, -0.2) is 0 Å². The van der Waals surface area contributed by atoms with E-state index >= 15 is 0 Å². The van der Waals surface area contributed by atoms with Crippen LogP contribution in [0.5, 0.6) is 11.5 Å². The molecule has 0 saturated carbocycles. The molecule has 2 aromatic rings. The zero-order chi connectivity index (χ0) is 13.8. The van der Waals surface area contributed by atoms with Gasteiger partial charge >= 0.3 is 0 Å². The minimum atomic E-state index is -0.539. The summed E-state index contributed by atoms with van der Waals surface area (Å²) in [5.74, 6) is 0.272. The van der Waals surface area contributed by atoms with Gasteiger partial charge in [0.05, 0.1) is 24.9 Å². The number of carbonyl (C=O) groups is 1. The summed E-state index contributed by atoms with van der Waals surface area (Å²) in [7, 11) is 2.97. The molecule has 9 heteroatoms. The molecule has 1 heterocycles. The summed E-state index contributed by atoms with van der Waals surface area (Å²) >= 11 is 6.03. The summed E-state index contributed by atoms with van der Waals surface area (Å²) in [5.41, 5.74) is 0.356. The van der Waals surface area contributed by atoms with Gasteiger partial charge in [-0.1, -0.05) is 11.6 Å². The van der Waals surface area contributed by atoms with Crippen LogP contribution in [0.2, 0.25) is 5.02 Å². The Labute approximate surface area is 113 Å². The van der Waals surface area contributed by atoms with E-state index in [2.05, 4.69) is 25.9 Å². The first-order chi connectivity index (χ1) is 9.15. The molecule has 0 aliphatic rings. The third-order valence-electron chi connectivity index (χ3n) is 2.27. The summed E-state index contributed by atoms with van der Waals surface area (Å²) in [6.07, 6.45) is 0. The SMILES string of the molecule is COc1cc(Cl)c(NC(=O)c2nn[nH]n2)cc1OC. The van der Waals surface area contributed by atoms with Crippen molar-refractivity contribution < 1.29 is 14.3 Å². The Kier molecular flexibility index (Phi) is 3.81. The van der Waals surface area contributed by atoms with Crippen molar-refractivity contribution in [1.82, 2.24) is 20.6 Å². The molecule has 0 radical (unpaired) electrons. The van der Waals surface area contributed by atoms with Crippen molar-refractivity contribution in [3.05, 3.63) is 23.0 Å². The second-order valence-corrected chi connectivity index (χ2v) is 3.78. The molecule has 0 saturated heterocycles. The fraction of sp³-hybridized carbons (Fsp3) is 0.200. The van der Waals surface area contributed by atoms with Gasteiger partial charge in [0, 0.05) is 12.1 Å². The predicted octanol–water partition coefficient (Wildman–Crippen LogP) is 1.12. The highest BCUT2D eigenvalue weighted by Gasteiger charge is 2.15. The Morgan fingerprint density at radius 3 is 2.58 bits per heavy atom. The summed E-state index contributed by atoms with van der Waals surface area (Å²) in [6.45, 7) is 0. The molecule has 1 aromatic heterocycles.